The summed E-state index contributed by atoms with van der Waals surface area (Å²) >= 11 is 0. The third-order valence-electron chi connectivity index (χ3n) is 5.65. The number of hydrogen-bond acceptors (Lipinski definition) is 4. The summed E-state index contributed by atoms with van der Waals surface area (Å²) in [6.07, 6.45) is 5.44. The number of ether oxygens (including phenoxy) is 1. The number of rotatable bonds is 2. The van der Waals surface area contributed by atoms with Crippen molar-refractivity contribution >= 4 is 10.9 Å². The van der Waals surface area contributed by atoms with Crippen LogP contribution in [0.25, 0.3) is 10.9 Å². The molecule has 0 saturated carbocycles. The van der Waals surface area contributed by atoms with Crippen molar-refractivity contribution in [3.05, 3.63) is 42.1 Å². The largest absolute Gasteiger partial charge is 0.390 e. The summed E-state index contributed by atoms with van der Waals surface area (Å²) in [5, 5.41) is 11.7. The summed E-state index contributed by atoms with van der Waals surface area (Å²) in [6.45, 7) is 5.63. The number of aromatic nitrogens is 1. The van der Waals surface area contributed by atoms with Gasteiger partial charge >= 0.3 is 0 Å². The molecule has 24 heavy (non-hydrogen) atoms. The maximum atomic E-state index is 10.4. The van der Waals surface area contributed by atoms with Crippen LogP contribution in [0.15, 0.2) is 36.5 Å². The standard InChI is InChI=1S/C20H26N2O2/c1-19(23)9-13-24-20(15-19)7-11-22(12-8-20)14-16-6-10-21-18-5-3-2-4-17(16)18/h2-6,10,23H,7-9,11-15H2,1H3. The number of nitrogens with zero attached hydrogens (tertiary/aromatic N) is 2. The van der Waals surface area contributed by atoms with Crippen molar-refractivity contribution in [1.29, 1.82) is 0 Å². The van der Waals surface area contributed by atoms with E-state index in [0.717, 1.165) is 50.8 Å². The second-order valence-electron chi connectivity index (χ2n) is 7.72. The molecule has 4 nitrogen and oxygen atoms in total. The molecule has 3 heterocycles. The lowest BCUT2D eigenvalue weighted by Gasteiger charge is -2.48. The fraction of sp³-hybridized carbons (Fsp3) is 0.550. The minimum Gasteiger partial charge on any atom is -0.390 e. The summed E-state index contributed by atoms with van der Waals surface area (Å²) in [5.74, 6) is 0. The maximum Gasteiger partial charge on any atom is 0.0734 e. The summed E-state index contributed by atoms with van der Waals surface area (Å²) in [5.41, 5.74) is 1.73. The molecular formula is C20H26N2O2. The first-order valence-electron chi connectivity index (χ1n) is 8.97. The monoisotopic (exact) mass is 326 g/mol. The Kier molecular flexibility index (Phi) is 4.07. The lowest BCUT2D eigenvalue weighted by molar-refractivity contribution is -0.173. The molecule has 2 saturated heterocycles. The number of hydrogen-bond donors (Lipinski definition) is 1. The zero-order valence-corrected chi connectivity index (χ0v) is 14.4. The van der Waals surface area contributed by atoms with E-state index in [1.165, 1.54) is 10.9 Å². The molecule has 1 spiro atoms. The van der Waals surface area contributed by atoms with Crippen LogP contribution in [0.1, 0.15) is 38.2 Å². The summed E-state index contributed by atoms with van der Waals surface area (Å²) in [6, 6.07) is 10.5. The number of benzene rings is 1. The maximum absolute atomic E-state index is 10.4. The molecule has 1 unspecified atom stereocenters. The summed E-state index contributed by atoms with van der Waals surface area (Å²) in [7, 11) is 0. The van der Waals surface area contributed by atoms with E-state index in [9.17, 15) is 5.11 Å². The van der Waals surface area contributed by atoms with Gasteiger partial charge in [0.2, 0.25) is 0 Å². The lowest BCUT2D eigenvalue weighted by atomic mass is 9.78. The van der Waals surface area contributed by atoms with Gasteiger partial charge in [-0.05, 0) is 43.9 Å². The van der Waals surface area contributed by atoms with Gasteiger partial charge in [0.15, 0.2) is 0 Å². The van der Waals surface area contributed by atoms with Gasteiger partial charge in [0, 0.05) is 37.6 Å². The Hall–Kier alpha value is -1.49. The van der Waals surface area contributed by atoms with Crippen LogP contribution in [0.4, 0.5) is 0 Å². The number of aliphatic hydroxyl groups is 1. The molecule has 1 atom stereocenters. The van der Waals surface area contributed by atoms with Crippen molar-refractivity contribution in [2.75, 3.05) is 19.7 Å². The molecule has 0 bridgehead atoms. The van der Waals surface area contributed by atoms with Gasteiger partial charge in [0.05, 0.1) is 23.3 Å². The predicted octanol–water partition coefficient (Wildman–Crippen LogP) is 3.13. The molecule has 2 fully saturated rings. The molecule has 4 heteroatoms. The van der Waals surface area contributed by atoms with Crippen LogP contribution in [-0.4, -0.2) is 45.9 Å². The smallest absolute Gasteiger partial charge is 0.0734 e. The minimum absolute atomic E-state index is 0.113. The molecule has 0 aliphatic carbocycles. The predicted molar refractivity (Wildman–Crippen MR) is 94.8 cm³/mol. The topological polar surface area (TPSA) is 45.6 Å². The van der Waals surface area contributed by atoms with E-state index in [4.69, 9.17) is 4.74 Å². The van der Waals surface area contributed by atoms with Crippen molar-refractivity contribution in [3.63, 3.8) is 0 Å². The van der Waals surface area contributed by atoms with Gasteiger partial charge in [-0.15, -0.1) is 0 Å². The first kappa shape index (κ1) is 16.0. The van der Waals surface area contributed by atoms with Crippen molar-refractivity contribution in [2.24, 2.45) is 0 Å². The van der Waals surface area contributed by atoms with Crippen LogP contribution < -0.4 is 0 Å². The third kappa shape index (κ3) is 3.18. The van der Waals surface area contributed by atoms with Gasteiger partial charge in [-0.1, -0.05) is 18.2 Å². The molecule has 1 N–H and O–H groups in total. The van der Waals surface area contributed by atoms with Crippen molar-refractivity contribution in [1.82, 2.24) is 9.88 Å². The molecule has 4 rings (SSSR count). The zero-order valence-electron chi connectivity index (χ0n) is 14.4. The fourth-order valence-electron chi connectivity index (χ4n) is 4.29. The van der Waals surface area contributed by atoms with Crippen LogP contribution in [0.2, 0.25) is 0 Å². The van der Waals surface area contributed by atoms with Gasteiger partial charge < -0.3 is 9.84 Å². The first-order valence-corrected chi connectivity index (χ1v) is 8.97. The van der Waals surface area contributed by atoms with Crippen LogP contribution in [-0.2, 0) is 11.3 Å². The molecule has 2 aliphatic rings. The van der Waals surface area contributed by atoms with E-state index in [1.807, 2.05) is 19.2 Å². The molecule has 1 aromatic carbocycles. The average Bonchev–Trinajstić information content (AvgIpc) is 2.57. The van der Waals surface area contributed by atoms with E-state index < -0.39 is 5.60 Å². The highest BCUT2D eigenvalue weighted by molar-refractivity contribution is 5.81. The molecular weight excluding hydrogens is 300 g/mol. The van der Waals surface area contributed by atoms with E-state index in [1.54, 1.807) is 0 Å². The van der Waals surface area contributed by atoms with Crippen molar-refractivity contribution in [3.8, 4) is 0 Å². The van der Waals surface area contributed by atoms with E-state index >= 15 is 0 Å². The van der Waals surface area contributed by atoms with E-state index in [0.29, 0.717) is 6.61 Å². The third-order valence-corrected chi connectivity index (χ3v) is 5.65. The van der Waals surface area contributed by atoms with Crippen molar-refractivity contribution < 1.29 is 9.84 Å². The van der Waals surface area contributed by atoms with Crippen molar-refractivity contribution in [2.45, 2.75) is 50.4 Å². The van der Waals surface area contributed by atoms with Gasteiger partial charge in [-0.3, -0.25) is 9.88 Å². The fourth-order valence-corrected chi connectivity index (χ4v) is 4.29. The zero-order chi connectivity index (χ0) is 16.6. The lowest BCUT2D eigenvalue weighted by Crippen LogP contribution is -2.53. The molecule has 0 amide bonds. The Morgan fingerprint density at radius 3 is 2.75 bits per heavy atom. The number of para-hydroxylation sites is 1. The summed E-state index contributed by atoms with van der Waals surface area (Å²) in [4.78, 5) is 6.95. The highest BCUT2D eigenvalue weighted by atomic mass is 16.5. The SMILES string of the molecule is CC1(O)CCOC2(CCN(Cc3ccnc4ccccc34)CC2)C1. The molecule has 128 valence electrons. The van der Waals surface area contributed by atoms with E-state index in [2.05, 4.69) is 34.1 Å². The molecule has 1 aromatic heterocycles. The Bertz CT molecular complexity index is 715. The molecule has 0 radical (unpaired) electrons. The second-order valence-corrected chi connectivity index (χ2v) is 7.72. The number of fused-ring (bicyclic) bond motifs is 1. The summed E-state index contributed by atoms with van der Waals surface area (Å²) < 4.78 is 6.11. The second kappa shape index (κ2) is 6.10. The van der Waals surface area contributed by atoms with Gasteiger partial charge in [-0.25, -0.2) is 0 Å². The van der Waals surface area contributed by atoms with Crippen LogP contribution in [0, 0.1) is 0 Å². The Morgan fingerprint density at radius 2 is 1.96 bits per heavy atom. The molecule has 2 aromatic rings. The Labute approximate surface area is 143 Å². The number of piperidine rings is 1. The number of likely N-dealkylation sites (tertiary alicyclic amines) is 1. The first-order chi connectivity index (χ1) is 11.6. The minimum atomic E-state index is -0.568. The van der Waals surface area contributed by atoms with Gasteiger partial charge in [0.1, 0.15) is 0 Å². The highest BCUT2D eigenvalue weighted by Gasteiger charge is 2.44. The van der Waals surface area contributed by atoms with Gasteiger partial charge in [0.25, 0.3) is 0 Å². The van der Waals surface area contributed by atoms with Crippen LogP contribution >= 0.6 is 0 Å². The van der Waals surface area contributed by atoms with E-state index in [-0.39, 0.29) is 5.60 Å². The van der Waals surface area contributed by atoms with Crippen LogP contribution in [0.3, 0.4) is 0 Å². The Morgan fingerprint density at radius 1 is 1.17 bits per heavy atom. The Balaban J connectivity index is 1.45. The number of pyridine rings is 1. The quantitative estimate of drug-likeness (QED) is 0.921. The molecule has 2 aliphatic heterocycles. The highest BCUT2D eigenvalue weighted by Crippen LogP contribution is 2.39. The van der Waals surface area contributed by atoms with Gasteiger partial charge in [-0.2, -0.15) is 0 Å². The average molecular weight is 326 g/mol. The normalized spacial score (nSPS) is 27.6. The van der Waals surface area contributed by atoms with Crippen LogP contribution in [0.5, 0.6) is 0 Å².